The summed E-state index contributed by atoms with van der Waals surface area (Å²) in [4.78, 5) is 0. The quantitative estimate of drug-likeness (QED) is 0.804. The molecule has 14 heavy (non-hydrogen) atoms. The standard InChI is InChI=1S/C9H15N3S2/c10-8(7-3-1-2-4-7)5-13-9-12-11-6-14-9/h6-8H,1-5,10H2. The molecule has 0 amide bonds. The van der Waals surface area contributed by atoms with Gasteiger partial charge in [-0.25, -0.2) is 0 Å². The number of nitrogens with two attached hydrogens (primary N) is 1. The van der Waals surface area contributed by atoms with E-state index < -0.39 is 0 Å². The lowest BCUT2D eigenvalue weighted by molar-refractivity contribution is 0.463. The van der Waals surface area contributed by atoms with Crippen LogP contribution in [0.5, 0.6) is 0 Å². The minimum absolute atomic E-state index is 0.339. The van der Waals surface area contributed by atoms with Gasteiger partial charge in [-0.05, 0) is 18.8 Å². The van der Waals surface area contributed by atoms with Gasteiger partial charge < -0.3 is 5.73 Å². The van der Waals surface area contributed by atoms with Gasteiger partial charge in [-0.3, -0.25) is 0 Å². The molecule has 3 nitrogen and oxygen atoms in total. The predicted molar refractivity (Wildman–Crippen MR) is 60.6 cm³/mol. The van der Waals surface area contributed by atoms with Crippen molar-refractivity contribution in [2.24, 2.45) is 11.7 Å². The molecule has 1 aromatic rings. The monoisotopic (exact) mass is 229 g/mol. The molecule has 2 N–H and O–H groups in total. The third kappa shape index (κ3) is 2.68. The first-order chi connectivity index (χ1) is 6.86. The Hall–Kier alpha value is -0.130. The van der Waals surface area contributed by atoms with Gasteiger partial charge in [0.2, 0.25) is 0 Å². The molecule has 1 saturated carbocycles. The van der Waals surface area contributed by atoms with Crippen molar-refractivity contribution < 1.29 is 0 Å². The number of hydrogen-bond acceptors (Lipinski definition) is 5. The Bertz CT molecular complexity index is 257. The second kappa shape index (κ2) is 5.09. The summed E-state index contributed by atoms with van der Waals surface area (Å²) in [5.74, 6) is 1.73. The summed E-state index contributed by atoms with van der Waals surface area (Å²) in [7, 11) is 0. The molecule has 1 heterocycles. The molecule has 0 spiro atoms. The third-order valence-electron chi connectivity index (χ3n) is 2.74. The lowest BCUT2D eigenvalue weighted by Crippen LogP contribution is -2.30. The summed E-state index contributed by atoms with van der Waals surface area (Å²) in [6.45, 7) is 0. The normalized spacial score (nSPS) is 20.1. The molecule has 78 valence electrons. The fraction of sp³-hybridized carbons (Fsp3) is 0.778. The van der Waals surface area contributed by atoms with E-state index in [0.717, 1.165) is 16.0 Å². The number of hydrogen-bond donors (Lipinski definition) is 1. The summed E-state index contributed by atoms with van der Waals surface area (Å²) in [6.07, 6.45) is 5.36. The minimum Gasteiger partial charge on any atom is -0.327 e. The van der Waals surface area contributed by atoms with Crippen LogP contribution in [0.25, 0.3) is 0 Å². The predicted octanol–water partition coefficient (Wildman–Crippen LogP) is 2.15. The van der Waals surface area contributed by atoms with E-state index in [9.17, 15) is 0 Å². The van der Waals surface area contributed by atoms with Crippen molar-refractivity contribution in [2.45, 2.75) is 36.1 Å². The summed E-state index contributed by atoms with van der Waals surface area (Å²) in [6, 6.07) is 0.339. The van der Waals surface area contributed by atoms with Crippen LogP contribution in [0, 0.1) is 5.92 Å². The molecule has 1 fully saturated rings. The summed E-state index contributed by atoms with van der Waals surface area (Å²) < 4.78 is 1.04. The number of thioether (sulfide) groups is 1. The fourth-order valence-electron chi connectivity index (χ4n) is 1.91. The van der Waals surface area contributed by atoms with Crippen LogP contribution in [0.4, 0.5) is 0 Å². The van der Waals surface area contributed by atoms with Crippen LogP contribution in [-0.4, -0.2) is 22.0 Å². The van der Waals surface area contributed by atoms with E-state index in [1.807, 2.05) is 0 Å². The van der Waals surface area contributed by atoms with E-state index in [4.69, 9.17) is 5.73 Å². The second-order valence-electron chi connectivity index (χ2n) is 3.72. The Morgan fingerprint density at radius 3 is 3.00 bits per heavy atom. The molecular weight excluding hydrogens is 214 g/mol. The first-order valence-corrected chi connectivity index (χ1v) is 6.87. The van der Waals surface area contributed by atoms with E-state index in [2.05, 4.69) is 10.2 Å². The summed E-state index contributed by atoms with van der Waals surface area (Å²) in [5.41, 5.74) is 7.90. The zero-order chi connectivity index (χ0) is 9.80. The van der Waals surface area contributed by atoms with Crippen molar-refractivity contribution in [2.75, 3.05) is 5.75 Å². The van der Waals surface area contributed by atoms with E-state index in [1.54, 1.807) is 28.6 Å². The van der Waals surface area contributed by atoms with Gasteiger partial charge in [0.15, 0.2) is 4.34 Å². The van der Waals surface area contributed by atoms with Crippen LogP contribution < -0.4 is 5.73 Å². The van der Waals surface area contributed by atoms with E-state index in [0.29, 0.717) is 6.04 Å². The van der Waals surface area contributed by atoms with Crippen molar-refractivity contribution >= 4 is 23.1 Å². The third-order valence-corrected chi connectivity index (χ3v) is 4.75. The lowest BCUT2D eigenvalue weighted by Gasteiger charge is -2.17. The van der Waals surface area contributed by atoms with Crippen LogP contribution in [-0.2, 0) is 0 Å². The summed E-state index contributed by atoms with van der Waals surface area (Å²) >= 11 is 3.33. The van der Waals surface area contributed by atoms with Crippen LogP contribution in [0.1, 0.15) is 25.7 Å². The smallest absolute Gasteiger partial charge is 0.174 e. The van der Waals surface area contributed by atoms with Gasteiger partial charge in [0, 0.05) is 11.8 Å². The number of nitrogens with zero attached hydrogens (tertiary/aromatic N) is 2. The molecule has 5 heteroatoms. The topological polar surface area (TPSA) is 51.8 Å². The zero-order valence-electron chi connectivity index (χ0n) is 8.06. The van der Waals surface area contributed by atoms with Crippen molar-refractivity contribution in [3.05, 3.63) is 5.51 Å². The SMILES string of the molecule is NC(CSc1nncs1)C1CCCC1. The highest BCUT2D eigenvalue weighted by Crippen LogP contribution is 2.29. The molecule has 2 rings (SSSR count). The van der Waals surface area contributed by atoms with E-state index in [-0.39, 0.29) is 0 Å². The Morgan fingerprint density at radius 2 is 2.36 bits per heavy atom. The zero-order valence-corrected chi connectivity index (χ0v) is 9.69. The molecule has 0 aliphatic heterocycles. The number of aromatic nitrogens is 2. The van der Waals surface area contributed by atoms with Crippen LogP contribution in [0.3, 0.4) is 0 Å². The second-order valence-corrected chi connectivity index (χ2v) is 5.82. The van der Waals surface area contributed by atoms with Gasteiger partial charge in [-0.15, -0.1) is 10.2 Å². The largest absolute Gasteiger partial charge is 0.327 e. The molecule has 1 aliphatic carbocycles. The number of rotatable bonds is 4. The lowest BCUT2D eigenvalue weighted by atomic mass is 10.0. The van der Waals surface area contributed by atoms with Crippen LogP contribution >= 0.6 is 23.1 Å². The highest BCUT2D eigenvalue weighted by atomic mass is 32.2. The maximum absolute atomic E-state index is 6.13. The highest BCUT2D eigenvalue weighted by Gasteiger charge is 2.22. The van der Waals surface area contributed by atoms with E-state index in [1.165, 1.54) is 25.7 Å². The van der Waals surface area contributed by atoms with Gasteiger partial charge in [0.1, 0.15) is 5.51 Å². The van der Waals surface area contributed by atoms with Gasteiger partial charge in [-0.1, -0.05) is 35.9 Å². The molecule has 0 saturated heterocycles. The highest BCUT2D eigenvalue weighted by molar-refractivity contribution is 8.01. The Morgan fingerprint density at radius 1 is 1.57 bits per heavy atom. The molecule has 0 bridgehead atoms. The molecule has 1 aliphatic rings. The van der Waals surface area contributed by atoms with Crippen LogP contribution in [0.2, 0.25) is 0 Å². The van der Waals surface area contributed by atoms with Crippen molar-refractivity contribution in [1.29, 1.82) is 0 Å². The average molecular weight is 229 g/mol. The first-order valence-electron chi connectivity index (χ1n) is 5.01. The van der Waals surface area contributed by atoms with Crippen LogP contribution in [0.15, 0.2) is 9.85 Å². The molecule has 1 unspecified atom stereocenters. The maximum atomic E-state index is 6.13. The Balaban J connectivity index is 1.74. The van der Waals surface area contributed by atoms with E-state index >= 15 is 0 Å². The molecule has 1 atom stereocenters. The molecule has 0 radical (unpaired) electrons. The molecule has 0 aromatic carbocycles. The minimum atomic E-state index is 0.339. The molecular formula is C9H15N3S2. The van der Waals surface area contributed by atoms with Crippen molar-refractivity contribution in [3.63, 3.8) is 0 Å². The average Bonchev–Trinajstić information content (AvgIpc) is 2.87. The Labute approximate surface area is 92.5 Å². The van der Waals surface area contributed by atoms with Gasteiger partial charge in [-0.2, -0.15) is 0 Å². The van der Waals surface area contributed by atoms with Gasteiger partial charge in [0.05, 0.1) is 0 Å². The first kappa shape index (κ1) is 10.4. The fourth-order valence-corrected chi connectivity index (χ4v) is 3.51. The van der Waals surface area contributed by atoms with Gasteiger partial charge >= 0.3 is 0 Å². The summed E-state index contributed by atoms with van der Waals surface area (Å²) in [5, 5.41) is 7.80. The van der Waals surface area contributed by atoms with Crippen molar-refractivity contribution in [3.8, 4) is 0 Å². The maximum Gasteiger partial charge on any atom is 0.174 e. The Kier molecular flexibility index (Phi) is 3.78. The molecule has 1 aromatic heterocycles. The van der Waals surface area contributed by atoms with Gasteiger partial charge in [0.25, 0.3) is 0 Å². The van der Waals surface area contributed by atoms with Crippen molar-refractivity contribution in [1.82, 2.24) is 10.2 Å².